The zero-order chi connectivity index (χ0) is 19.2. The van der Waals surface area contributed by atoms with Gasteiger partial charge in [-0.15, -0.1) is 0 Å². The number of halogens is 1. The molecule has 0 aliphatic carbocycles. The zero-order valence-electron chi connectivity index (χ0n) is 15.2. The van der Waals surface area contributed by atoms with Crippen molar-refractivity contribution in [2.45, 2.75) is 13.5 Å². The van der Waals surface area contributed by atoms with Crippen LogP contribution in [-0.4, -0.2) is 5.84 Å². The fourth-order valence-electron chi connectivity index (χ4n) is 2.89. The van der Waals surface area contributed by atoms with Crippen LogP contribution in [0.2, 0.25) is 0 Å². The van der Waals surface area contributed by atoms with E-state index in [-0.39, 0.29) is 5.16 Å². The summed E-state index contributed by atoms with van der Waals surface area (Å²) in [6, 6.07) is 24.2. The Labute approximate surface area is 165 Å². The van der Waals surface area contributed by atoms with Crippen LogP contribution in [0.1, 0.15) is 16.7 Å². The number of hydrogen-bond acceptors (Lipinski definition) is 2. The maximum Gasteiger partial charge on any atom is 0.137 e. The van der Waals surface area contributed by atoms with E-state index in [9.17, 15) is 0 Å². The maximum absolute atomic E-state index is 6.33. The predicted molar refractivity (Wildman–Crippen MR) is 116 cm³/mol. The summed E-state index contributed by atoms with van der Waals surface area (Å²) in [6.07, 6.45) is 0. The zero-order valence-corrected chi connectivity index (χ0v) is 16.0. The molecular weight excluding hydrogens is 354 g/mol. The van der Waals surface area contributed by atoms with E-state index in [0.717, 1.165) is 22.3 Å². The first kappa shape index (κ1) is 18.7. The molecule has 0 bridgehead atoms. The molecule has 3 aromatic carbocycles. The van der Waals surface area contributed by atoms with E-state index in [4.69, 9.17) is 17.3 Å². The molecule has 0 atom stereocenters. The Morgan fingerprint density at radius 3 is 2.37 bits per heavy atom. The van der Waals surface area contributed by atoms with Crippen LogP contribution in [0.15, 0.2) is 89.5 Å². The lowest BCUT2D eigenvalue weighted by atomic mass is 9.97. The molecule has 0 saturated heterocycles. The quantitative estimate of drug-likeness (QED) is 0.268. The monoisotopic (exact) mass is 375 g/mol. The summed E-state index contributed by atoms with van der Waals surface area (Å²) in [6.45, 7) is 6.39. The molecule has 0 aliphatic heterocycles. The van der Waals surface area contributed by atoms with Crippen molar-refractivity contribution in [1.82, 2.24) is 5.32 Å². The highest BCUT2D eigenvalue weighted by atomic mass is 35.5. The molecule has 3 rings (SSSR count). The lowest BCUT2D eigenvalue weighted by Crippen LogP contribution is -2.26. The van der Waals surface area contributed by atoms with Gasteiger partial charge in [0.05, 0.1) is 0 Å². The average Bonchev–Trinajstić information content (AvgIpc) is 2.67. The summed E-state index contributed by atoms with van der Waals surface area (Å²) in [5.41, 5.74) is 12.2. The van der Waals surface area contributed by atoms with Crippen LogP contribution in [0.3, 0.4) is 0 Å². The number of nitrogen functional groups attached to an aromatic ring is 1. The van der Waals surface area contributed by atoms with Crippen molar-refractivity contribution in [3.8, 4) is 11.1 Å². The topological polar surface area (TPSA) is 50.4 Å². The molecule has 0 radical (unpaired) electrons. The number of nitrogens with one attached hydrogen (secondary N) is 1. The van der Waals surface area contributed by atoms with Crippen molar-refractivity contribution in [2.75, 3.05) is 5.73 Å². The molecule has 0 spiro atoms. The van der Waals surface area contributed by atoms with Crippen molar-refractivity contribution in [1.29, 1.82) is 0 Å². The summed E-state index contributed by atoms with van der Waals surface area (Å²) >= 11 is 6.01. The van der Waals surface area contributed by atoms with E-state index in [1.54, 1.807) is 0 Å². The standard InChI is InChI=1S/C23H22ClN3/c1-16-11-13-18(14-12-16)15-26-23(27-17(2)24)22-20(9-6-10-21(22)25)19-7-4-3-5-8-19/h3-14H,2,15,25H2,1H3,(H,26,27). The highest BCUT2D eigenvalue weighted by molar-refractivity contribution is 6.30. The Hall–Kier alpha value is -3.04. The lowest BCUT2D eigenvalue weighted by Gasteiger charge is -2.17. The number of aryl methyl sites for hydroxylation is 1. The van der Waals surface area contributed by atoms with Crippen LogP contribution in [0.4, 0.5) is 5.69 Å². The van der Waals surface area contributed by atoms with E-state index in [1.165, 1.54) is 5.56 Å². The molecule has 3 nitrogen and oxygen atoms in total. The largest absolute Gasteiger partial charge is 0.398 e. The number of nitrogens with zero attached hydrogens (tertiary/aromatic N) is 1. The van der Waals surface area contributed by atoms with Crippen LogP contribution in [-0.2, 0) is 6.54 Å². The van der Waals surface area contributed by atoms with E-state index in [1.807, 2.05) is 48.5 Å². The van der Waals surface area contributed by atoms with Crippen LogP contribution in [0, 0.1) is 6.92 Å². The molecular formula is C23H22ClN3. The van der Waals surface area contributed by atoms with Gasteiger partial charge in [0, 0.05) is 17.8 Å². The Morgan fingerprint density at radius 2 is 1.70 bits per heavy atom. The van der Waals surface area contributed by atoms with E-state index in [0.29, 0.717) is 18.1 Å². The van der Waals surface area contributed by atoms with Gasteiger partial charge in [0.1, 0.15) is 11.0 Å². The third kappa shape index (κ3) is 4.78. The lowest BCUT2D eigenvalue weighted by molar-refractivity contribution is 0.913. The first-order valence-electron chi connectivity index (χ1n) is 8.71. The number of aliphatic imine (C=N–C) groups is 1. The molecule has 3 aromatic rings. The van der Waals surface area contributed by atoms with Gasteiger partial charge in [0.15, 0.2) is 0 Å². The highest BCUT2D eigenvalue weighted by Crippen LogP contribution is 2.28. The summed E-state index contributed by atoms with van der Waals surface area (Å²) in [5.74, 6) is 0.604. The summed E-state index contributed by atoms with van der Waals surface area (Å²) < 4.78 is 0. The van der Waals surface area contributed by atoms with Gasteiger partial charge in [0.25, 0.3) is 0 Å². The second-order valence-corrected chi connectivity index (χ2v) is 6.75. The van der Waals surface area contributed by atoms with E-state index < -0.39 is 0 Å². The van der Waals surface area contributed by atoms with Crippen LogP contribution >= 0.6 is 11.6 Å². The number of rotatable bonds is 5. The Kier molecular flexibility index (Phi) is 5.94. The summed E-state index contributed by atoms with van der Waals surface area (Å²) in [4.78, 5) is 4.42. The average molecular weight is 376 g/mol. The minimum atomic E-state index is 0.198. The molecule has 0 amide bonds. The van der Waals surface area contributed by atoms with E-state index in [2.05, 4.69) is 48.1 Å². The SMILES string of the molecule is C=C(Cl)/N=C(/NCc1ccc(C)cc1)c1c(N)cccc1-c1ccccc1. The van der Waals surface area contributed by atoms with Gasteiger partial charge in [-0.3, -0.25) is 0 Å². The molecule has 0 unspecified atom stereocenters. The van der Waals surface area contributed by atoms with Crippen molar-refractivity contribution in [3.63, 3.8) is 0 Å². The summed E-state index contributed by atoms with van der Waals surface area (Å²) in [7, 11) is 0. The van der Waals surface area contributed by atoms with Gasteiger partial charge in [0.2, 0.25) is 0 Å². The Bertz CT molecular complexity index is 961. The second-order valence-electron chi connectivity index (χ2n) is 6.31. The van der Waals surface area contributed by atoms with Crippen LogP contribution < -0.4 is 11.1 Å². The van der Waals surface area contributed by atoms with Gasteiger partial charge in [-0.25, -0.2) is 4.99 Å². The van der Waals surface area contributed by atoms with Crippen LogP contribution in [0.5, 0.6) is 0 Å². The fraction of sp³-hybridized carbons (Fsp3) is 0.0870. The number of amidine groups is 1. The minimum absolute atomic E-state index is 0.198. The van der Waals surface area contributed by atoms with Gasteiger partial charge in [-0.05, 0) is 29.7 Å². The predicted octanol–water partition coefficient (Wildman–Crippen LogP) is 5.49. The molecule has 0 aromatic heterocycles. The van der Waals surface area contributed by atoms with Crippen molar-refractivity contribution in [2.24, 2.45) is 4.99 Å². The number of anilines is 1. The number of benzene rings is 3. The second kappa shape index (κ2) is 8.56. The smallest absolute Gasteiger partial charge is 0.137 e. The minimum Gasteiger partial charge on any atom is -0.398 e. The van der Waals surface area contributed by atoms with Crippen LogP contribution in [0.25, 0.3) is 11.1 Å². The molecule has 136 valence electrons. The van der Waals surface area contributed by atoms with E-state index >= 15 is 0 Å². The van der Waals surface area contributed by atoms with Crippen molar-refractivity contribution >= 4 is 23.1 Å². The Morgan fingerprint density at radius 1 is 1.00 bits per heavy atom. The molecule has 3 N–H and O–H groups in total. The van der Waals surface area contributed by atoms with Gasteiger partial charge < -0.3 is 11.1 Å². The third-order valence-electron chi connectivity index (χ3n) is 4.23. The molecule has 0 saturated carbocycles. The molecule has 27 heavy (non-hydrogen) atoms. The highest BCUT2D eigenvalue weighted by Gasteiger charge is 2.15. The number of hydrogen-bond donors (Lipinski definition) is 2. The summed E-state index contributed by atoms with van der Waals surface area (Å²) in [5, 5.41) is 3.58. The van der Waals surface area contributed by atoms with Gasteiger partial charge >= 0.3 is 0 Å². The third-order valence-corrected chi connectivity index (χ3v) is 4.32. The van der Waals surface area contributed by atoms with Gasteiger partial charge in [-0.2, -0.15) is 0 Å². The first-order valence-corrected chi connectivity index (χ1v) is 9.09. The first-order chi connectivity index (χ1) is 13.0. The van der Waals surface area contributed by atoms with Crippen molar-refractivity contribution in [3.05, 3.63) is 101 Å². The molecule has 0 heterocycles. The molecule has 0 aliphatic rings. The fourth-order valence-corrected chi connectivity index (χ4v) is 2.97. The Balaban J connectivity index is 2.01. The maximum atomic E-state index is 6.33. The molecule has 0 fully saturated rings. The number of nitrogens with two attached hydrogens (primary N) is 1. The molecule has 4 heteroatoms. The van der Waals surface area contributed by atoms with Gasteiger partial charge in [-0.1, -0.05) is 90.5 Å². The normalized spacial score (nSPS) is 11.3. The van der Waals surface area contributed by atoms with Crippen molar-refractivity contribution < 1.29 is 0 Å².